The molecule has 106 valence electrons. The first-order chi connectivity index (χ1) is 9.66. The van der Waals surface area contributed by atoms with Gasteiger partial charge < -0.3 is 10.4 Å². The maximum Gasteiger partial charge on any atom is 0.251 e. The number of aliphatic hydroxyl groups is 1. The van der Waals surface area contributed by atoms with E-state index in [1.807, 2.05) is 6.07 Å². The first kappa shape index (κ1) is 13.1. The monoisotopic (exact) mass is 273 g/mol. The third kappa shape index (κ3) is 2.67. The number of carbonyl (C=O) groups is 1. The summed E-state index contributed by atoms with van der Waals surface area (Å²) in [7, 11) is 0. The molecule has 1 aromatic carbocycles. The third-order valence-corrected chi connectivity index (χ3v) is 4.06. The van der Waals surface area contributed by atoms with E-state index in [-0.39, 0.29) is 5.91 Å². The summed E-state index contributed by atoms with van der Waals surface area (Å²) >= 11 is 0. The molecule has 0 spiro atoms. The van der Waals surface area contributed by atoms with Gasteiger partial charge in [0, 0.05) is 17.5 Å². The van der Waals surface area contributed by atoms with Gasteiger partial charge in [-0.05, 0) is 31.0 Å². The molecular formula is C15H19N3O2. The van der Waals surface area contributed by atoms with Crippen molar-refractivity contribution in [1.82, 2.24) is 15.5 Å². The highest BCUT2D eigenvalue weighted by Crippen LogP contribution is 2.27. The van der Waals surface area contributed by atoms with E-state index >= 15 is 0 Å². The van der Waals surface area contributed by atoms with Gasteiger partial charge in [0.15, 0.2) is 0 Å². The average Bonchev–Trinajstić information content (AvgIpc) is 2.93. The van der Waals surface area contributed by atoms with Gasteiger partial charge in [-0.3, -0.25) is 9.89 Å². The van der Waals surface area contributed by atoms with Crippen LogP contribution in [-0.4, -0.2) is 33.4 Å². The minimum atomic E-state index is -0.729. The zero-order valence-corrected chi connectivity index (χ0v) is 11.4. The summed E-state index contributed by atoms with van der Waals surface area (Å²) < 4.78 is 0. The summed E-state index contributed by atoms with van der Waals surface area (Å²) in [5.41, 5.74) is 0.777. The molecule has 1 amide bonds. The molecule has 0 bridgehead atoms. The molecule has 20 heavy (non-hydrogen) atoms. The van der Waals surface area contributed by atoms with Crippen molar-refractivity contribution in [3.63, 3.8) is 0 Å². The number of nitrogens with zero attached hydrogens (tertiary/aromatic N) is 1. The van der Waals surface area contributed by atoms with E-state index in [0.717, 1.165) is 36.6 Å². The number of aromatic amines is 1. The number of amides is 1. The molecule has 0 saturated heterocycles. The van der Waals surface area contributed by atoms with Gasteiger partial charge in [-0.25, -0.2) is 0 Å². The number of carbonyl (C=O) groups excluding carboxylic acids is 1. The second kappa shape index (κ2) is 5.25. The molecule has 1 fully saturated rings. The van der Waals surface area contributed by atoms with Gasteiger partial charge >= 0.3 is 0 Å². The molecule has 0 radical (unpaired) electrons. The molecule has 5 nitrogen and oxygen atoms in total. The van der Waals surface area contributed by atoms with Gasteiger partial charge in [0.05, 0.1) is 17.3 Å². The lowest BCUT2D eigenvalue weighted by Gasteiger charge is -2.32. The van der Waals surface area contributed by atoms with Crippen LogP contribution in [0.2, 0.25) is 0 Å². The van der Waals surface area contributed by atoms with Crippen molar-refractivity contribution in [2.24, 2.45) is 0 Å². The SMILES string of the molecule is O=C(NCC1(O)CCCCC1)c1ccc2[nH]ncc2c1. The van der Waals surface area contributed by atoms with Crippen molar-refractivity contribution >= 4 is 16.8 Å². The fraction of sp³-hybridized carbons (Fsp3) is 0.467. The summed E-state index contributed by atoms with van der Waals surface area (Å²) in [5.74, 6) is -0.146. The van der Waals surface area contributed by atoms with Crippen LogP contribution in [0.3, 0.4) is 0 Å². The van der Waals surface area contributed by atoms with E-state index in [0.29, 0.717) is 12.1 Å². The molecule has 1 aliphatic carbocycles. The molecule has 1 aromatic heterocycles. The van der Waals surface area contributed by atoms with Crippen molar-refractivity contribution in [2.75, 3.05) is 6.54 Å². The van der Waals surface area contributed by atoms with Crippen molar-refractivity contribution in [3.8, 4) is 0 Å². The second-order valence-electron chi connectivity index (χ2n) is 5.64. The minimum Gasteiger partial charge on any atom is -0.388 e. The molecule has 3 rings (SSSR count). The largest absolute Gasteiger partial charge is 0.388 e. The van der Waals surface area contributed by atoms with Crippen LogP contribution in [-0.2, 0) is 0 Å². The number of H-pyrrole nitrogens is 1. The van der Waals surface area contributed by atoms with Crippen molar-refractivity contribution < 1.29 is 9.90 Å². The maximum absolute atomic E-state index is 12.1. The molecule has 1 aliphatic rings. The lowest BCUT2D eigenvalue weighted by molar-refractivity contribution is 0.00526. The number of benzene rings is 1. The zero-order chi connectivity index (χ0) is 14.0. The van der Waals surface area contributed by atoms with E-state index in [9.17, 15) is 9.90 Å². The lowest BCUT2D eigenvalue weighted by atomic mass is 9.85. The summed E-state index contributed by atoms with van der Waals surface area (Å²) in [6, 6.07) is 5.41. The predicted molar refractivity (Wildman–Crippen MR) is 76.5 cm³/mol. The fourth-order valence-electron chi connectivity index (χ4n) is 2.82. The van der Waals surface area contributed by atoms with Gasteiger partial charge in [0.25, 0.3) is 5.91 Å². The quantitative estimate of drug-likeness (QED) is 0.800. The number of rotatable bonds is 3. The van der Waals surface area contributed by atoms with E-state index in [1.165, 1.54) is 6.42 Å². The van der Waals surface area contributed by atoms with E-state index in [4.69, 9.17) is 0 Å². The standard InChI is InChI=1S/C15H19N3O2/c19-14(16-10-15(20)6-2-1-3-7-15)11-4-5-13-12(8-11)9-17-18-13/h4-5,8-9,20H,1-3,6-7,10H2,(H,16,19)(H,17,18). The van der Waals surface area contributed by atoms with E-state index < -0.39 is 5.60 Å². The number of fused-ring (bicyclic) bond motifs is 1. The Morgan fingerprint density at radius 3 is 2.95 bits per heavy atom. The van der Waals surface area contributed by atoms with Crippen LogP contribution in [0.15, 0.2) is 24.4 Å². The van der Waals surface area contributed by atoms with Crippen molar-refractivity contribution in [1.29, 1.82) is 0 Å². The average molecular weight is 273 g/mol. The van der Waals surface area contributed by atoms with Crippen LogP contribution in [0.5, 0.6) is 0 Å². The minimum absolute atomic E-state index is 0.146. The first-order valence-electron chi connectivity index (χ1n) is 7.10. The zero-order valence-electron chi connectivity index (χ0n) is 11.4. The Kier molecular flexibility index (Phi) is 3.44. The van der Waals surface area contributed by atoms with Crippen molar-refractivity contribution in [2.45, 2.75) is 37.7 Å². The Morgan fingerprint density at radius 1 is 1.35 bits per heavy atom. The van der Waals surface area contributed by atoms with Crippen molar-refractivity contribution in [3.05, 3.63) is 30.0 Å². The van der Waals surface area contributed by atoms with Gasteiger partial charge in [-0.2, -0.15) is 5.10 Å². The third-order valence-electron chi connectivity index (χ3n) is 4.06. The summed E-state index contributed by atoms with van der Waals surface area (Å²) in [5, 5.41) is 20.9. The number of nitrogens with one attached hydrogen (secondary N) is 2. The lowest BCUT2D eigenvalue weighted by Crippen LogP contribution is -2.44. The summed E-state index contributed by atoms with van der Waals surface area (Å²) in [6.45, 7) is 0.329. The summed E-state index contributed by atoms with van der Waals surface area (Å²) in [4.78, 5) is 12.1. The Hall–Kier alpha value is -1.88. The Labute approximate surface area is 117 Å². The molecule has 3 N–H and O–H groups in total. The Morgan fingerprint density at radius 2 is 2.15 bits per heavy atom. The fourth-order valence-corrected chi connectivity index (χ4v) is 2.82. The number of hydrogen-bond acceptors (Lipinski definition) is 3. The predicted octanol–water partition coefficient (Wildman–Crippen LogP) is 1.99. The highest BCUT2D eigenvalue weighted by molar-refractivity contribution is 5.97. The molecule has 0 aliphatic heterocycles. The first-order valence-corrected chi connectivity index (χ1v) is 7.10. The van der Waals surface area contributed by atoms with E-state index in [2.05, 4.69) is 15.5 Å². The Balaban J connectivity index is 1.66. The smallest absolute Gasteiger partial charge is 0.251 e. The molecule has 0 unspecified atom stereocenters. The van der Waals surface area contributed by atoms with Gasteiger partial charge in [-0.1, -0.05) is 19.3 Å². The summed E-state index contributed by atoms with van der Waals surface area (Å²) in [6.07, 6.45) is 6.48. The molecule has 1 saturated carbocycles. The highest BCUT2D eigenvalue weighted by Gasteiger charge is 2.29. The highest BCUT2D eigenvalue weighted by atomic mass is 16.3. The van der Waals surface area contributed by atoms with Crippen LogP contribution in [0.4, 0.5) is 0 Å². The van der Waals surface area contributed by atoms with Crippen LogP contribution in [0, 0.1) is 0 Å². The second-order valence-corrected chi connectivity index (χ2v) is 5.64. The molecule has 5 heteroatoms. The van der Waals surface area contributed by atoms with Crippen LogP contribution in [0.1, 0.15) is 42.5 Å². The van der Waals surface area contributed by atoms with E-state index in [1.54, 1.807) is 18.3 Å². The molecular weight excluding hydrogens is 254 g/mol. The van der Waals surface area contributed by atoms with Crippen LogP contribution >= 0.6 is 0 Å². The topological polar surface area (TPSA) is 78.0 Å². The number of aromatic nitrogens is 2. The van der Waals surface area contributed by atoms with Crippen LogP contribution < -0.4 is 5.32 Å². The molecule has 0 atom stereocenters. The van der Waals surface area contributed by atoms with Gasteiger partial charge in [0.2, 0.25) is 0 Å². The molecule has 2 aromatic rings. The molecule has 1 heterocycles. The number of hydrogen-bond donors (Lipinski definition) is 3. The maximum atomic E-state index is 12.1. The van der Waals surface area contributed by atoms with Crippen LogP contribution in [0.25, 0.3) is 10.9 Å². The van der Waals surface area contributed by atoms with Gasteiger partial charge in [0.1, 0.15) is 0 Å². The normalized spacial score (nSPS) is 18.1. The Bertz CT molecular complexity index is 614. The van der Waals surface area contributed by atoms with Gasteiger partial charge in [-0.15, -0.1) is 0 Å².